The number of Topliss-reactive ketones (excluding diaryl/α,β-unsaturated/α-hetero) is 1. The molecule has 180 valence electrons. The number of ketones is 1. The Bertz CT molecular complexity index is 1460. The number of para-hydroxylation sites is 1. The van der Waals surface area contributed by atoms with E-state index >= 15 is 0 Å². The van der Waals surface area contributed by atoms with Crippen molar-refractivity contribution in [1.29, 1.82) is 0 Å². The third-order valence-electron chi connectivity index (χ3n) is 5.45. The van der Waals surface area contributed by atoms with Crippen LogP contribution < -0.4 is 10.3 Å². The van der Waals surface area contributed by atoms with Gasteiger partial charge in [-0.3, -0.25) is 19.0 Å². The van der Waals surface area contributed by atoms with Crippen molar-refractivity contribution < 1.29 is 27.8 Å². The zero-order valence-corrected chi connectivity index (χ0v) is 18.9. The Morgan fingerprint density at radius 1 is 1.06 bits per heavy atom. The highest BCUT2D eigenvalue weighted by Crippen LogP contribution is 2.24. The summed E-state index contributed by atoms with van der Waals surface area (Å²) in [6.45, 7) is -0.278. The van der Waals surface area contributed by atoms with Gasteiger partial charge in [-0.15, -0.1) is 0 Å². The van der Waals surface area contributed by atoms with E-state index in [4.69, 9.17) is 4.74 Å². The average Bonchev–Trinajstić information content (AvgIpc) is 3.13. The van der Waals surface area contributed by atoms with Crippen LogP contribution in [0, 0.1) is 13.8 Å². The smallest absolute Gasteiger partial charge is 0.387 e. The lowest BCUT2D eigenvalue weighted by atomic mass is 10.1. The topological polar surface area (TPSA) is 92.4 Å². The van der Waals surface area contributed by atoms with Crippen LogP contribution in [0.5, 0.6) is 5.75 Å². The first kappa shape index (κ1) is 23.8. The second-order valence-corrected chi connectivity index (χ2v) is 7.77. The minimum Gasteiger partial charge on any atom is -0.456 e. The number of hydrogen-bond acceptors (Lipinski definition) is 6. The zero-order chi connectivity index (χ0) is 25.1. The number of carbonyl (C=O) groups excluding carboxylic acids is 2. The Morgan fingerprint density at radius 2 is 1.77 bits per heavy atom. The molecule has 0 bridgehead atoms. The Hall–Kier alpha value is -4.34. The highest BCUT2D eigenvalue weighted by Gasteiger charge is 2.19. The maximum absolute atomic E-state index is 12.8. The van der Waals surface area contributed by atoms with Crippen molar-refractivity contribution in [2.75, 3.05) is 6.61 Å². The van der Waals surface area contributed by atoms with Gasteiger partial charge in [-0.1, -0.05) is 12.1 Å². The van der Waals surface area contributed by atoms with Crippen molar-refractivity contribution in [3.05, 3.63) is 88.2 Å². The van der Waals surface area contributed by atoms with Gasteiger partial charge >= 0.3 is 12.6 Å². The van der Waals surface area contributed by atoms with Crippen LogP contribution in [0.2, 0.25) is 0 Å². The van der Waals surface area contributed by atoms with Crippen LogP contribution in [0.15, 0.2) is 65.7 Å². The summed E-state index contributed by atoms with van der Waals surface area (Å²) in [5, 5.41) is 0.375. The fourth-order valence-electron chi connectivity index (χ4n) is 3.85. The van der Waals surface area contributed by atoms with Gasteiger partial charge in [0.25, 0.3) is 5.56 Å². The number of halogens is 2. The number of aromatic nitrogens is 3. The largest absolute Gasteiger partial charge is 0.456 e. The lowest BCUT2D eigenvalue weighted by Crippen LogP contribution is -2.26. The van der Waals surface area contributed by atoms with Gasteiger partial charge in [0, 0.05) is 22.6 Å². The van der Waals surface area contributed by atoms with E-state index in [1.807, 2.05) is 0 Å². The molecule has 0 amide bonds. The van der Waals surface area contributed by atoms with E-state index in [1.54, 1.807) is 60.9 Å². The molecule has 0 saturated heterocycles. The number of fused-ring (bicyclic) bond motifs is 1. The first-order valence-electron chi connectivity index (χ1n) is 10.6. The van der Waals surface area contributed by atoms with Crippen LogP contribution >= 0.6 is 0 Å². The van der Waals surface area contributed by atoms with Crippen molar-refractivity contribution >= 4 is 22.7 Å². The second kappa shape index (κ2) is 9.88. The first-order chi connectivity index (χ1) is 16.7. The van der Waals surface area contributed by atoms with Gasteiger partial charge in [-0.05, 0) is 56.3 Å². The number of rotatable bonds is 8. The average molecular weight is 481 g/mol. The van der Waals surface area contributed by atoms with Crippen LogP contribution in [0.4, 0.5) is 8.78 Å². The van der Waals surface area contributed by atoms with Crippen molar-refractivity contribution in [2.45, 2.75) is 27.0 Å². The molecule has 0 aliphatic carbocycles. The third-order valence-corrected chi connectivity index (χ3v) is 5.45. The summed E-state index contributed by atoms with van der Waals surface area (Å²) in [6.07, 6.45) is 1.26. The summed E-state index contributed by atoms with van der Waals surface area (Å²) in [5.41, 5.74) is 2.47. The number of aryl methyl sites for hydroxylation is 1. The monoisotopic (exact) mass is 481 g/mol. The van der Waals surface area contributed by atoms with Gasteiger partial charge in [0.05, 0.1) is 17.2 Å². The minimum atomic E-state index is -2.92. The Labute approximate surface area is 198 Å². The third kappa shape index (κ3) is 5.11. The number of ether oxygens (including phenoxy) is 2. The molecule has 0 unspecified atom stereocenters. The normalized spacial score (nSPS) is 11.1. The highest BCUT2D eigenvalue weighted by molar-refractivity contribution is 5.99. The summed E-state index contributed by atoms with van der Waals surface area (Å²) in [7, 11) is 0. The predicted octanol–water partition coefficient (Wildman–Crippen LogP) is 3.83. The van der Waals surface area contributed by atoms with Gasteiger partial charge in [-0.2, -0.15) is 8.78 Å². The maximum atomic E-state index is 12.8. The van der Waals surface area contributed by atoms with Crippen molar-refractivity contribution in [3.63, 3.8) is 0 Å². The number of hydrogen-bond donors (Lipinski definition) is 0. The molecule has 0 saturated carbocycles. The molecule has 0 fully saturated rings. The predicted molar refractivity (Wildman–Crippen MR) is 123 cm³/mol. The van der Waals surface area contributed by atoms with Gasteiger partial charge in [-0.25, -0.2) is 4.98 Å². The van der Waals surface area contributed by atoms with Crippen molar-refractivity contribution in [3.8, 4) is 11.4 Å². The zero-order valence-electron chi connectivity index (χ0n) is 18.9. The van der Waals surface area contributed by atoms with E-state index in [0.717, 1.165) is 10.3 Å². The molecule has 0 aliphatic heterocycles. The fourth-order valence-corrected chi connectivity index (χ4v) is 3.85. The van der Waals surface area contributed by atoms with Crippen LogP contribution in [0.1, 0.15) is 21.7 Å². The summed E-state index contributed by atoms with van der Waals surface area (Å²) in [4.78, 5) is 41.7. The van der Waals surface area contributed by atoms with E-state index < -0.39 is 25.0 Å². The molecule has 0 spiro atoms. The van der Waals surface area contributed by atoms with Crippen LogP contribution in [0.3, 0.4) is 0 Å². The summed E-state index contributed by atoms with van der Waals surface area (Å²) >= 11 is 0. The lowest BCUT2D eigenvalue weighted by Gasteiger charge is -2.11. The molecule has 35 heavy (non-hydrogen) atoms. The number of benzene rings is 2. The number of alkyl halides is 2. The number of esters is 1. The summed E-state index contributed by atoms with van der Waals surface area (Å²) < 4.78 is 37.1. The lowest BCUT2D eigenvalue weighted by molar-refractivity contribution is -0.143. The molecule has 10 heteroatoms. The van der Waals surface area contributed by atoms with E-state index in [9.17, 15) is 23.2 Å². The van der Waals surface area contributed by atoms with E-state index in [-0.39, 0.29) is 17.9 Å². The first-order valence-corrected chi connectivity index (χ1v) is 10.6. The number of carbonyl (C=O) groups is 2. The number of nitrogens with zero attached hydrogens (tertiary/aromatic N) is 3. The highest BCUT2D eigenvalue weighted by atomic mass is 19.3. The molecule has 4 rings (SSSR count). The Balaban J connectivity index is 1.44. The van der Waals surface area contributed by atoms with Gasteiger partial charge in [0.15, 0.2) is 6.61 Å². The summed E-state index contributed by atoms with van der Waals surface area (Å²) in [6, 6.07) is 14.4. The van der Waals surface area contributed by atoms with Crippen LogP contribution in [-0.4, -0.2) is 39.1 Å². The molecular formula is C25H21F2N3O5. The molecule has 2 aromatic carbocycles. The molecule has 0 aliphatic rings. The quantitative estimate of drug-likeness (QED) is 0.281. The Kier molecular flexibility index (Phi) is 6.72. The second-order valence-electron chi connectivity index (χ2n) is 7.77. The van der Waals surface area contributed by atoms with Gasteiger partial charge < -0.3 is 14.0 Å². The molecular weight excluding hydrogens is 460 g/mol. The maximum Gasteiger partial charge on any atom is 0.387 e. The van der Waals surface area contributed by atoms with Gasteiger partial charge in [0.2, 0.25) is 5.78 Å². The fraction of sp³-hybridized carbons (Fsp3) is 0.200. The molecule has 8 nitrogen and oxygen atoms in total. The standard InChI is InChI=1S/C25H21F2N3O5/c1-15-11-20(16(2)30(15)17-7-9-18(10-8-17)35-25(26)27)22(31)13-34-23(32)12-29-14-28-21-6-4-3-5-19(21)24(29)33/h3-11,14,25H,12-13H2,1-2H3. The van der Waals surface area contributed by atoms with E-state index in [0.29, 0.717) is 27.8 Å². The van der Waals surface area contributed by atoms with E-state index in [1.165, 1.54) is 18.5 Å². The molecule has 0 N–H and O–H groups in total. The van der Waals surface area contributed by atoms with E-state index in [2.05, 4.69) is 9.72 Å². The molecule has 4 aromatic rings. The van der Waals surface area contributed by atoms with Gasteiger partial charge in [0.1, 0.15) is 12.3 Å². The Morgan fingerprint density at radius 3 is 2.49 bits per heavy atom. The SMILES string of the molecule is Cc1cc(C(=O)COC(=O)Cn2cnc3ccccc3c2=O)c(C)n1-c1ccc(OC(F)F)cc1. The molecule has 0 radical (unpaired) electrons. The van der Waals surface area contributed by atoms with Crippen LogP contribution in [0.25, 0.3) is 16.6 Å². The van der Waals surface area contributed by atoms with Crippen molar-refractivity contribution in [1.82, 2.24) is 14.1 Å². The molecule has 2 aromatic heterocycles. The summed E-state index contributed by atoms with van der Waals surface area (Å²) in [5.74, 6) is -1.14. The molecule has 2 heterocycles. The molecule has 0 atom stereocenters. The minimum absolute atomic E-state index is 0.0233. The van der Waals surface area contributed by atoms with Crippen LogP contribution in [-0.2, 0) is 16.1 Å². The van der Waals surface area contributed by atoms with Crippen molar-refractivity contribution in [2.24, 2.45) is 0 Å².